The van der Waals surface area contributed by atoms with Gasteiger partial charge in [-0.25, -0.2) is 4.98 Å². The van der Waals surface area contributed by atoms with Crippen LogP contribution in [0, 0.1) is 0 Å². The summed E-state index contributed by atoms with van der Waals surface area (Å²) in [6.07, 6.45) is 4.50. The lowest BCUT2D eigenvalue weighted by Gasteiger charge is -2.20. The van der Waals surface area contributed by atoms with Crippen molar-refractivity contribution in [2.24, 2.45) is 0 Å². The molecule has 3 heterocycles. The second-order valence-electron chi connectivity index (χ2n) is 8.97. The van der Waals surface area contributed by atoms with Crippen molar-refractivity contribution in [3.05, 3.63) is 77.3 Å². The van der Waals surface area contributed by atoms with E-state index < -0.39 is 6.04 Å². The molecule has 4 N–H and O–H groups in total. The monoisotopic (exact) mass is 483 g/mol. The fraction of sp³-hybridized carbons (Fsp3) is 0.269. The molecule has 1 saturated carbocycles. The van der Waals surface area contributed by atoms with E-state index in [9.17, 15) is 9.90 Å². The second-order valence-corrected chi connectivity index (χ2v) is 8.97. The van der Waals surface area contributed by atoms with Gasteiger partial charge in [0, 0.05) is 29.9 Å². The fourth-order valence-electron chi connectivity index (χ4n) is 4.27. The van der Waals surface area contributed by atoms with Gasteiger partial charge in [0.25, 0.3) is 11.8 Å². The van der Waals surface area contributed by atoms with Gasteiger partial charge in [-0.2, -0.15) is 4.98 Å². The second kappa shape index (κ2) is 9.38. The molecule has 1 aliphatic heterocycles. The number of hydrogen-bond acceptors (Lipinski definition) is 9. The van der Waals surface area contributed by atoms with Crippen LogP contribution in [0.3, 0.4) is 0 Å². The van der Waals surface area contributed by atoms with Crippen LogP contribution >= 0.6 is 0 Å². The first-order valence-corrected chi connectivity index (χ1v) is 12.0. The number of nitrogens with zero attached hydrogens (tertiary/aromatic N) is 4. The van der Waals surface area contributed by atoms with Crippen LogP contribution in [-0.2, 0) is 6.42 Å². The molecular weight excluding hydrogens is 458 g/mol. The molecule has 0 unspecified atom stereocenters. The van der Waals surface area contributed by atoms with Crippen LogP contribution in [-0.4, -0.2) is 44.3 Å². The van der Waals surface area contributed by atoms with E-state index in [0.29, 0.717) is 47.1 Å². The lowest BCUT2D eigenvalue weighted by Crippen LogP contribution is -2.31. The van der Waals surface area contributed by atoms with Gasteiger partial charge >= 0.3 is 0 Å². The minimum Gasteiger partial charge on any atom is -0.420 e. The molecule has 0 radical (unpaired) electrons. The van der Waals surface area contributed by atoms with E-state index in [1.165, 1.54) is 0 Å². The molecule has 36 heavy (non-hydrogen) atoms. The molecule has 2 aromatic heterocycles. The highest BCUT2D eigenvalue weighted by Crippen LogP contribution is 2.40. The van der Waals surface area contributed by atoms with E-state index in [0.717, 1.165) is 36.1 Å². The Kier molecular flexibility index (Phi) is 5.78. The van der Waals surface area contributed by atoms with E-state index in [4.69, 9.17) is 9.40 Å². The van der Waals surface area contributed by atoms with Gasteiger partial charge in [0.15, 0.2) is 0 Å². The number of carbonyl (C=O) groups excluding carboxylic acids is 1. The number of benzene rings is 2. The standard InChI is InChI=1S/C26H25N7O3/c34-14-21(15-4-2-1-3-5-15)30-22-20(25-33-32-24(36-25)16-6-7-16)13-28-26(31-22)29-18-8-9-19-17(12-18)10-11-27-23(19)35/h1-5,8-9,12-13,16,21,34H,6-7,10-11,14H2,(H,27,35)(H2,28,29,30,31)/t21-/m1/s1. The molecule has 2 aromatic carbocycles. The van der Waals surface area contributed by atoms with Crippen molar-refractivity contribution >= 4 is 23.4 Å². The van der Waals surface area contributed by atoms with Gasteiger partial charge in [-0.3, -0.25) is 4.79 Å². The Morgan fingerprint density at radius 3 is 2.78 bits per heavy atom. The average Bonchev–Trinajstić information content (AvgIpc) is 3.65. The van der Waals surface area contributed by atoms with E-state index >= 15 is 0 Å². The van der Waals surface area contributed by atoms with E-state index in [2.05, 4.69) is 31.1 Å². The molecule has 10 nitrogen and oxygen atoms in total. The summed E-state index contributed by atoms with van der Waals surface area (Å²) in [5, 5.41) is 27.9. The normalized spacial score (nSPS) is 15.6. The topological polar surface area (TPSA) is 138 Å². The summed E-state index contributed by atoms with van der Waals surface area (Å²) >= 11 is 0. The van der Waals surface area contributed by atoms with Crippen LogP contribution in [0.4, 0.5) is 17.5 Å². The Hall–Kier alpha value is -4.31. The van der Waals surface area contributed by atoms with Crippen LogP contribution in [0.1, 0.15) is 52.2 Å². The van der Waals surface area contributed by atoms with Gasteiger partial charge in [-0.1, -0.05) is 30.3 Å². The van der Waals surface area contributed by atoms with Crippen LogP contribution < -0.4 is 16.0 Å². The number of fused-ring (bicyclic) bond motifs is 1. The van der Waals surface area contributed by atoms with Crippen molar-refractivity contribution in [3.63, 3.8) is 0 Å². The van der Waals surface area contributed by atoms with Crippen LogP contribution in [0.2, 0.25) is 0 Å². The zero-order valence-electron chi connectivity index (χ0n) is 19.4. The number of aliphatic hydroxyl groups is 1. The van der Waals surface area contributed by atoms with Gasteiger partial charge in [0.2, 0.25) is 11.8 Å². The summed E-state index contributed by atoms with van der Waals surface area (Å²) in [6.45, 7) is 0.476. The summed E-state index contributed by atoms with van der Waals surface area (Å²) < 4.78 is 5.92. The van der Waals surface area contributed by atoms with Crippen molar-refractivity contribution in [2.45, 2.75) is 31.2 Å². The highest BCUT2D eigenvalue weighted by Gasteiger charge is 2.30. The van der Waals surface area contributed by atoms with Crippen molar-refractivity contribution in [1.29, 1.82) is 0 Å². The first kappa shape index (κ1) is 22.2. The number of carbonyl (C=O) groups is 1. The van der Waals surface area contributed by atoms with Crippen molar-refractivity contribution in [1.82, 2.24) is 25.5 Å². The van der Waals surface area contributed by atoms with Crippen LogP contribution in [0.25, 0.3) is 11.5 Å². The molecule has 1 atom stereocenters. The molecule has 6 rings (SSSR count). The highest BCUT2D eigenvalue weighted by atomic mass is 16.4. The number of amides is 1. The molecule has 1 amide bonds. The zero-order valence-corrected chi connectivity index (χ0v) is 19.4. The molecule has 4 aromatic rings. The predicted octanol–water partition coefficient (Wildman–Crippen LogP) is 3.58. The number of nitrogens with one attached hydrogen (secondary N) is 3. The maximum atomic E-state index is 12.1. The van der Waals surface area contributed by atoms with Crippen molar-refractivity contribution in [2.75, 3.05) is 23.8 Å². The van der Waals surface area contributed by atoms with E-state index in [1.807, 2.05) is 42.5 Å². The molecule has 0 spiro atoms. The van der Waals surface area contributed by atoms with E-state index in [-0.39, 0.29) is 12.5 Å². The highest BCUT2D eigenvalue weighted by molar-refractivity contribution is 5.97. The Bertz CT molecular complexity index is 1400. The third kappa shape index (κ3) is 4.50. The number of aromatic nitrogens is 4. The quantitative estimate of drug-likeness (QED) is 0.296. The molecule has 1 fully saturated rings. The molecular formula is C26H25N7O3. The third-order valence-electron chi connectivity index (χ3n) is 6.37. The number of aliphatic hydroxyl groups excluding tert-OH is 1. The van der Waals surface area contributed by atoms with E-state index in [1.54, 1.807) is 12.3 Å². The molecule has 1 aliphatic carbocycles. The van der Waals surface area contributed by atoms with Gasteiger partial charge in [0.05, 0.1) is 18.2 Å². The lowest BCUT2D eigenvalue weighted by atomic mass is 10.00. The number of hydrogen-bond donors (Lipinski definition) is 4. The van der Waals surface area contributed by atoms with Gasteiger partial charge in [-0.15, -0.1) is 10.2 Å². The van der Waals surface area contributed by atoms with Gasteiger partial charge in [0.1, 0.15) is 5.82 Å². The Morgan fingerprint density at radius 2 is 1.97 bits per heavy atom. The predicted molar refractivity (Wildman–Crippen MR) is 133 cm³/mol. The lowest BCUT2D eigenvalue weighted by molar-refractivity contribution is 0.0946. The smallest absolute Gasteiger partial charge is 0.253 e. The summed E-state index contributed by atoms with van der Waals surface area (Å²) in [4.78, 5) is 21.2. The van der Waals surface area contributed by atoms with Crippen molar-refractivity contribution in [3.8, 4) is 11.5 Å². The molecule has 182 valence electrons. The molecule has 2 aliphatic rings. The summed E-state index contributed by atoms with van der Waals surface area (Å²) in [6, 6.07) is 14.8. The number of anilines is 3. The third-order valence-corrected chi connectivity index (χ3v) is 6.37. The molecule has 0 bridgehead atoms. The molecule has 0 saturated heterocycles. The Morgan fingerprint density at radius 1 is 1.11 bits per heavy atom. The summed E-state index contributed by atoms with van der Waals surface area (Å²) in [7, 11) is 0. The van der Waals surface area contributed by atoms with Gasteiger partial charge in [-0.05, 0) is 48.6 Å². The first-order valence-electron chi connectivity index (χ1n) is 12.0. The first-order chi connectivity index (χ1) is 17.7. The Labute approximate surface area is 207 Å². The number of rotatable bonds is 8. The van der Waals surface area contributed by atoms with Crippen LogP contribution in [0.5, 0.6) is 0 Å². The average molecular weight is 484 g/mol. The van der Waals surface area contributed by atoms with Crippen molar-refractivity contribution < 1.29 is 14.3 Å². The summed E-state index contributed by atoms with van der Waals surface area (Å²) in [5.41, 5.74) is 3.90. The zero-order chi connectivity index (χ0) is 24.5. The Balaban J connectivity index is 1.33. The minimum atomic E-state index is -0.402. The SMILES string of the molecule is O=C1NCCc2cc(Nc3ncc(-c4nnc(C5CC5)o4)c(N[C@H](CO)c4ccccc4)n3)ccc21. The fourth-order valence-corrected chi connectivity index (χ4v) is 4.27. The maximum absolute atomic E-state index is 12.1. The molecule has 10 heteroatoms. The van der Waals surface area contributed by atoms with Crippen LogP contribution in [0.15, 0.2) is 59.1 Å². The minimum absolute atomic E-state index is 0.0593. The van der Waals surface area contributed by atoms with Gasteiger partial charge < -0.3 is 25.5 Å². The largest absolute Gasteiger partial charge is 0.420 e. The summed E-state index contributed by atoms with van der Waals surface area (Å²) in [5.74, 6) is 2.03. The maximum Gasteiger partial charge on any atom is 0.253 e.